The highest BCUT2D eigenvalue weighted by Gasteiger charge is 2.35. The fourth-order valence-corrected chi connectivity index (χ4v) is 1.27. The summed E-state index contributed by atoms with van der Waals surface area (Å²) in [5, 5.41) is 2.51. The van der Waals surface area contributed by atoms with Gasteiger partial charge in [-0.3, -0.25) is 0 Å². The summed E-state index contributed by atoms with van der Waals surface area (Å²) in [6.45, 7) is 2.35. The van der Waals surface area contributed by atoms with Crippen LogP contribution in [0.3, 0.4) is 0 Å². The molecule has 0 atom stereocenters. The van der Waals surface area contributed by atoms with Crippen molar-refractivity contribution in [1.82, 2.24) is 9.97 Å². The van der Waals surface area contributed by atoms with E-state index in [9.17, 15) is 13.2 Å². The minimum atomic E-state index is -4.59. The summed E-state index contributed by atoms with van der Waals surface area (Å²) in [6, 6.07) is 1.26. The average molecular weight is 266 g/mol. The third-order valence-electron chi connectivity index (χ3n) is 1.80. The molecule has 3 nitrogen and oxygen atoms in total. The van der Waals surface area contributed by atoms with Crippen LogP contribution in [0.2, 0.25) is 5.15 Å². The number of nitrogens with zero attached hydrogens (tertiary/aromatic N) is 2. The molecule has 94 valence electrons. The first-order valence-electron chi connectivity index (χ1n) is 4.90. The highest BCUT2D eigenvalue weighted by molar-refractivity contribution is 6.29. The Hall–Kier alpha value is -1.30. The van der Waals surface area contributed by atoms with Gasteiger partial charge >= 0.3 is 6.18 Å². The van der Waals surface area contributed by atoms with Crippen molar-refractivity contribution in [3.05, 3.63) is 29.2 Å². The minimum absolute atomic E-state index is 0.0711. The molecule has 7 heteroatoms. The Kier molecular flexibility index (Phi) is 4.74. The highest BCUT2D eigenvalue weighted by Crippen LogP contribution is 2.28. The molecule has 1 rings (SSSR count). The van der Waals surface area contributed by atoms with Gasteiger partial charge in [0, 0.05) is 12.6 Å². The lowest BCUT2D eigenvalue weighted by Crippen LogP contribution is -2.13. The molecule has 1 heterocycles. The van der Waals surface area contributed by atoms with E-state index in [0.29, 0.717) is 13.0 Å². The predicted molar refractivity (Wildman–Crippen MR) is 60.0 cm³/mol. The van der Waals surface area contributed by atoms with Gasteiger partial charge in [-0.15, -0.1) is 0 Å². The van der Waals surface area contributed by atoms with Crippen LogP contribution in [-0.4, -0.2) is 16.5 Å². The second kappa shape index (κ2) is 5.86. The number of allylic oxidation sites excluding steroid dienone is 1. The van der Waals surface area contributed by atoms with E-state index in [1.54, 1.807) is 0 Å². The summed E-state index contributed by atoms with van der Waals surface area (Å²) in [7, 11) is 0. The van der Waals surface area contributed by atoms with Crippen LogP contribution in [0.15, 0.2) is 18.2 Å². The van der Waals surface area contributed by atoms with Gasteiger partial charge in [-0.2, -0.15) is 13.2 Å². The van der Waals surface area contributed by atoms with Gasteiger partial charge in [0.15, 0.2) is 0 Å². The van der Waals surface area contributed by atoms with E-state index in [0.717, 1.165) is 0 Å². The third-order valence-corrected chi connectivity index (χ3v) is 1.99. The van der Waals surface area contributed by atoms with E-state index in [2.05, 4.69) is 15.3 Å². The summed E-state index contributed by atoms with van der Waals surface area (Å²) >= 11 is 5.49. The Bertz CT molecular complexity index is 404. The summed E-state index contributed by atoms with van der Waals surface area (Å²) in [6.07, 6.45) is -0.152. The molecule has 0 fully saturated rings. The average Bonchev–Trinajstić information content (AvgIpc) is 2.22. The number of anilines is 1. The third kappa shape index (κ3) is 4.60. The van der Waals surface area contributed by atoms with Gasteiger partial charge in [-0.25, -0.2) is 9.97 Å². The zero-order chi connectivity index (χ0) is 12.9. The number of nitrogens with one attached hydrogen (secondary N) is 1. The molecule has 1 aromatic heterocycles. The summed E-state index contributed by atoms with van der Waals surface area (Å²) in [4.78, 5) is 6.47. The van der Waals surface area contributed by atoms with Crippen LogP contribution in [-0.2, 0) is 6.18 Å². The van der Waals surface area contributed by atoms with Crippen molar-refractivity contribution in [2.75, 3.05) is 11.9 Å². The van der Waals surface area contributed by atoms with Gasteiger partial charge in [0.05, 0.1) is 0 Å². The van der Waals surface area contributed by atoms with E-state index in [1.807, 2.05) is 19.1 Å². The lowest BCUT2D eigenvalue weighted by Gasteiger charge is -2.08. The van der Waals surface area contributed by atoms with Crippen LogP contribution >= 0.6 is 11.6 Å². The second-order valence-corrected chi connectivity index (χ2v) is 3.57. The Morgan fingerprint density at radius 1 is 1.41 bits per heavy atom. The van der Waals surface area contributed by atoms with Crippen molar-refractivity contribution >= 4 is 17.4 Å². The zero-order valence-corrected chi connectivity index (χ0v) is 9.81. The number of hydrogen-bond acceptors (Lipinski definition) is 3. The molecule has 0 bridgehead atoms. The van der Waals surface area contributed by atoms with Gasteiger partial charge < -0.3 is 5.32 Å². The summed E-state index contributed by atoms with van der Waals surface area (Å²) in [5.74, 6) is -1.17. The van der Waals surface area contributed by atoms with Crippen LogP contribution < -0.4 is 5.32 Å². The highest BCUT2D eigenvalue weighted by atomic mass is 35.5. The SMILES string of the molecule is C/C=C/CCNc1cc(Cl)nc(C(F)(F)F)n1. The molecule has 17 heavy (non-hydrogen) atoms. The van der Waals surface area contributed by atoms with E-state index < -0.39 is 12.0 Å². The molecule has 0 spiro atoms. The number of halogens is 4. The number of alkyl halides is 3. The molecule has 0 unspecified atom stereocenters. The topological polar surface area (TPSA) is 37.8 Å². The summed E-state index contributed by atoms with van der Waals surface area (Å²) in [5.41, 5.74) is 0. The van der Waals surface area contributed by atoms with Crippen molar-refractivity contribution in [2.24, 2.45) is 0 Å². The largest absolute Gasteiger partial charge is 0.451 e. The summed E-state index contributed by atoms with van der Waals surface area (Å²) < 4.78 is 37.1. The molecule has 0 aliphatic carbocycles. The second-order valence-electron chi connectivity index (χ2n) is 3.18. The molecular weight excluding hydrogens is 255 g/mol. The molecule has 0 amide bonds. The normalized spacial score (nSPS) is 12.1. The number of aromatic nitrogens is 2. The Balaban J connectivity index is 2.76. The monoisotopic (exact) mass is 265 g/mol. The molecule has 0 aromatic carbocycles. The minimum Gasteiger partial charge on any atom is -0.370 e. The number of rotatable bonds is 4. The first kappa shape index (κ1) is 13.8. The maximum Gasteiger partial charge on any atom is 0.451 e. The lowest BCUT2D eigenvalue weighted by atomic mass is 10.4. The molecule has 0 radical (unpaired) electrons. The van der Waals surface area contributed by atoms with Gasteiger partial charge in [0.2, 0.25) is 5.82 Å². The van der Waals surface area contributed by atoms with Crippen molar-refractivity contribution in [1.29, 1.82) is 0 Å². The predicted octanol–water partition coefficient (Wildman–Crippen LogP) is 3.53. The maximum absolute atomic E-state index is 12.4. The van der Waals surface area contributed by atoms with E-state index >= 15 is 0 Å². The molecule has 0 saturated carbocycles. The van der Waals surface area contributed by atoms with Crippen molar-refractivity contribution in [3.8, 4) is 0 Å². The van der Waals surface area contributed by atoms with Crippen LogP contribution in [0.4, 0.5) is 19.0 Å². The first-order valence-corrected chi connectivity index (χ1v) is 5.28. The Labute approximate surface area is 102 Å². The van der Waals surface area contributed by atoms with E-state index in [-0.39, 0.29) is 11.0 Å². The molecule has 1 aromatic rings. The van der Waals surface area contributed by atoms with Gasteiger partial charge in [0.25, 0.3) is 0 Å². The Morgan fingerprint density at radius 2 is 2.12 bits per heavy atom. The quantitative estimate of drug-likeness (QED) is 0.514. The van der Waals surface area contributed by atoms with E-state index in [4.69, 9.17) is 11.6 Å². The van der Waals surface area contributed by atoms with Crippen LogP contribution in [0.25, 0.3) is 0 Å². The molecule has 1 N–H and O–H groups in total. The van der Waals surface area contributed by atoms with Crippen LogP contribution in [0, 0.1) is 0 Å². The van der Waals surface area contributed by atoms with Crippen LogP contribution in [0.1, 0.15) is 19.2 Å². The molecule has 0 aliphatic heterocycles. The van der Waals surface area contributed by atoms with Crippen molar-refractivity contribution in [2.45, 2.75) is 19.5 Å². The Morgan fingerprint density at radius 3 is 2.71 bits per heavy atom. The fourth-order valence-electron chi connectivity index (χ4n) is 1.09. The smallest absolute Gasteiger partial charge is 0.370 e. The zero-order valence-electron chi connectivity index (χ0n) is 9.05. The van der Waals surface area contributed by atoms with Gasteiger partial charge in [-0.05, 0) is 13.3 Å². The van der Waals surface area contributed by atoms with Crippen LogP contribution in [0.5, 0.6) is 0 Å². The standard InChI is InChI=1S/C10H11ClF3N3/c1-2-3-4-5-15-8-6-7(11)16-9(17-8)10(12,13)14/h2-3,6H,4-5H2,1H3,(H,15,16,17)/b3-2+. The van der Waals surface area contributed by atoms with Gasteiger partial charge in [-0.1, -0.05) is 23.8 Å². The molecule has 0 saturated heterocycles. The maximum atomic E-state index is 12.4. The lowest BCUT2D eigenvalue weighted by molar-refractivity contribution is -0.144. The van der Waals surface area contributed by atoms with Gasteiger partial charge in [0.1, 0.15) is 11.0 Å². The first-order chi connectivity index (χ1) is 7.93. The van der Waals surface area contributed by atoms with E-state index in [1.165, 1.54) is 6.07 Å². The number of hydrogen-bond donors (Lipinski definition) is 1. The fraction of sp³-hybridized carbons (Fsp3) is 0.400. The molecular formula is C10H11ClF3N3. The van der Waals surface area contributed by atoms with Crippen molar-refractivity contribution < 1.29 is 13.2 Å². The van der Waals surface area contributed by atoms with Crippen molar-refractivity contribution in [3.63, 3.8) is 0 Å². The molecule has 0 aliphatic rings.